The van der Waals surface area contributed by atoms with Crippen LogP contribution in [0.5, 0.6) is 0 Å². The van der Waals surface area contributed by atoms with Gasteiger partial charge in [-0.15, -0.1) is 0 Å². The Morgan fingerprint density at radius 3 is 2.61 bits per heavy atom. The second kappa shape index (κ2) is 5.33. The Morgan fingerprint density at radius 1 is 1.50 bits per heavy atom. The van der Waals surface area contributed by atoms with Crippen molar-refractivity contribution in [2.45, 2.75) is 20.8 Å². The van der Waals surface area contributed by atoms with Crippen LogP contribution >= 0.6 is 0 Å². The first-order valence-electron chi connectivity index (χ1n) is 5.84. The molecule has 1 heterocycles. The molecule has 0 aliphatic heterocycles. The minimum atomic E-state index is -0.606. The standard InChI is InChI=1S/C13H20FN3O/c1-13(2,3)8-17(5)12(18)9-6-7-16-11(15-4)10(9)14/h6-7H,8H2,1-5H3,(H,15,16). The van der Waals surface area contributed by atoms with Gasteiger partial charge < -0.3 is 10.2 Å². The van der Waals surface area contributed by atoms with E-state index in [1.807, 2.05) is 20.8 Å². The monoisotopic (exact) mass is 253 g/mol. The van der Waals surface area contributed by atoms with Gasteiger partial charge in [-0.1, -0.05) is 20.8 Å². The van der Waals surface area contributed by atoms with E-state index in [0.29, 0.717) is 6.54 Å². The fourth-order valence-corrected chi connectivity index (χ4v) is 1.77. The first-order chi connectivity index (χ1) is 8.26. The van der Waals surface area contributed by atoms with E-state index < -0.39 is 5.82 Å². The number of pyridine rings is 1. The van der Waals surface area contributed by atoms with Crippen LogP contribution in [0.4, 0.5) is 10.2 Å². The van der Waals surface area contributed by atoms with Crippen LogP contribution < -0.4 is 5.32 Å². The highest BCUT2D eigenvalue weighted by atomic mass is 19.1. The summed E-state index contributed by atoms with van der Waals surface area (Å²) in [6, 6.07) is 1.40. The molecule has 0 radical (unpaired) electrons. The van der Waals surface area contributed by atoms with E-state index in [1.54, 1.807) is 14.1 Å². The van der Waals surface area contributed by atoms with E-state index in [1.165, 1.54) is 17.2 Å². The molecule has 0 aromatic carbocycles. The zero-order valence-electron chi connectivity index (χ0n) is 11.5. The number of nitrogens with one attached hydrogen (secondary N) is 1. The van der Waals surface area contributed by atoms with Crippen molar-refractivity contribution in [3.8, 4) is 0 Å². The molecule has 0 saturated heterocycles. The van der Waals surface area contributed by atoms with Gasteiger partial charge in [0, 0.05) is 26.8 Å². The summed E-state index contributed by atoms with van der Waals surface area (Å²) in [5.74, 6) is -0.850. The highest BCUT2D eigenvalue weighted by molar-refractivity contribution is 5.95. The Morgan fingerprint density at radius 2 is 2.11 bits per heavy atom. The van der Waals surface area contributed by atoms with Crippen LogP contribution in [-0.2, 0) is 0 Å². The summed E-state index contributed by atoms with van der Waals surface area (Å²) < 4.78 is 13.9. The normalized spacial score (nSPS) is 11.2. The summed E-state index contributed by atoms with van der Waals surface area (Å²) in [6.45, 7) is 6.64. The van der Waals surface area contributed by atoms with E-state index in [-0.39, 0.29) is 22.7 Å². The Bertz CT molecular complexity index is 440. The second-order valence-electron chi connectivity index (χ2n) is 5.49. The zero-order chi connectivity index (χ0) is 13.9. The van der Waals surface area contributed by atoms with Gasteiger partial charge in [0.2, 0.25) is 0 Å². The molecular weight excluding hydrogens is 233 g/mol. The average Bonchev–Trinajstić information content (AvgIpc) is 2.26. The topological polar surface area (TPSA) is 45.2 Å². The van der Waals surface area contributed by atoms with Crippen LogP contribution in [0.3, 0.4) is 0 Å². The maximum atomic E-state index is 13.9. The van der Waals surface area contributed by atoms with Crippen molar-refractivity contribution in [3.05, 3.63) is 23.6 Å². The molecule has 0 atom stereocenters. The van der Waals surface area contributed by atoms with Crippen LogP contribution in [0.15, 0.2) is 12.3 Å². The molecule has 1 aromatic heterocycles. The van der Waals surface area contributed by atoms with Crippen molar-refractivity contribution in [3.63, 3.8) is 0 Å². The van der Waals surface area contributed by atoms with Gasteiger partial charge in [0.25, 0.3) is 5.91 Å². The molecule has 0 saturated carbocycles. The molecule has 0 aliphatic rings. The maximum absolute atomic E-state index is 13.9. The second-order valence-corrected chi connectivity index (χ2v) is 5.49. The third kappa shape index (κ3) is 3.42. The molecule has 5 heteroatoms. The first-order valence-corrected chi connectivity index (χ1v) is 5.84. The Kier molecular flexibility index (Phi) is 4.27. The number of carbonyl (C=O) groups excluding carboxylic acids is 1. The Labute approximate surface area is 107 Å². The number of rotatable bonds is 3. The smallest absolute Gasteiger partial charge is 0.256 e. The lowest BCUT2D eigenvalue weighted by molar-refractivity contribution is 0.0741. The van der Waals surface area contributed by atoms with Gasteiger partial charge in [-0.2, -0.15) is 0 Å². The van der Waals surface area contributed by atoms with Crippen molar-refractivity contribution in [2.24, 2.45) is 5.41 Å². The molecule has 0 spiro atoms. The summed E-state index contributed by atoms with van der Waals surface area (Å²) in [5, 5.41) is 2.62. The molecular formula is C13H20FN3O. The quantitative estimate of drug-likeness (QED) is 0.899. The summed E-state index contributed by atoms with van der Waals surface area (Å²) in [4.78, 5) is 17.5. The fourth-order valence-electron chi connectivity index (χ4n) is 1.77. The molecule has 0 unspecified atom stereocenters. The van der Waals surface area contributed by atoms with Crippen molar-refractivity contribution >= 4 is 11.7 Å². The van der Waals surface area contributed by atoms with Gasteiger partial charge in [0.05, 0.1) is 5.56 Å². The highest BCUT2D eigenvalue weighted by Crippen LogP contribution is 2.19. The number of hydrogen-bond acceptors (Lipinski definition) is 3. The number of aromatic nitrogens is 1. The third-order valence-corrected chi connectivity index (χ3v) is 2.41. The minimum Gasteiger partial charge on any atom is -0.371 e. The molecule has 0 aliphatic carbocycles. The lowest BCUT2D eigenvalue weighted by Crippen LogP contribution is -2.35. The van der Waals surface area contributed by atoms with Crippen molar-refractivity contribution < 1.29 is 9.18 Å². The van der Waals surface area contributed by atoms with Crippen LogP contribution in [0.2, 0.25) is 0 Å². The summed E-state index contributed by atoms with van der Waals surface area (Å²) in [7, 11) is 3.24. The van der Waals surface area contributed by atoms with Gasteiger partial charge in [-0.25, -0.2) is 9.37 Å². The molecule has 0 bridgehead atoms. The average molecular weight is 253 g/mol. The summed E-state index contributed by atoms with van der Waals surface area (Å²) in [5.41, 5.74) is 0.0147. The minimum absolute atomic E-state index is 0.0280. The van der Waals surface area contributed by atoms with E-state index in [0.717, 1.165) is 0 Å². The van der Waals surface area contributed by atoms with Gasteiger partial charge in [0.1, 0.15) is 0 Å². The molecule has 1 aromatic rings. The summed E-state index contributed by atoms with van der Waals surface area (Å²) >= 11 is 0. The lowest BCUT2D eigenvalue weighted by atomic mass is 9.96. The number of nitrogens with zero attached hydrogens (tertiary/aromatic N) is 2. The van der Waals surface area contributed by atoms with Crippen molar-refractivity contribution in [2.75, 3.05) is 26.0 Å². The van der Waals surface area contributed by atoms with Crippen LogP contribution in [-0.4, -0.2) is 36.4 Å². The van der Waals surface area contributed by atoms with Gasteiger partial charge in [-0.05, 0) is 11.5 Å². The molecule has 1 N–H and O–H groups in total. The van der Waals surface area contributed by atoms with Crippen LogP contribution in [0, 0.1) is 11.2 Å². The SMILES string of the molecule is CNc1nccc(C(=O)N(C)CC(C)(C)C)c1F. The third-order valence-electron chi connectivity index (χ3n) is 2.41. The number of hydrogen-bond donors (Lipinski definition) is 1. The number of anilines is 1. The number of halogens is 1. The molecule has 1 rings (SSSR count). The number of carbonyl (C=O) groups is 1. The van der Waals surface area contributed by atoms with E-state index in [2.05, 4.69) is 10.3 Å². The fraction of sp³-hybridized carbons (Fsp3) is 0.538. The Balaban J connectivity index is 2.97. The van der Waals surface area contributed by atoms with Crippen molar-refractivity contribution in [1.29, 1.82) is 0 Å². The first kappa shape index (κ1) is 14.4. The molecule has 0 fully saturated rings. The van der Waals surface area contributed by atoms with Crippen molar-refractivity contribution in [1.82, 2.24) is 9.88 Å². The molecule has 4 nitrogen and oxygen atoms in total. The van der Waals surface area contributed by atoms with E-state index >= 15 is 0 Å². The van der Waals surface area contributed by atoms with Crippen LogP contribution in [0.1, 0.15) is 31.1 Å². The predicted octanol–water partition coefficient (Wildman–Crippen LogP) is 2.38. The predicted molar refractivity (Wildman–Crippen MR) is 70.2 cm³/mol. The highest BCUT2D eigenvalue weighted by Gasteiger charge is 2.22. The zero-order valence-corrected chi connectivity index (χ0v) is 11.5. The largest absolute Gasteiger partial charge is 0.371 e. The van der Waals surface area contributed by atoms with Gasteiger partial charge in [0.15, 0.2) is 11.6 Å². The maximum Gasteiger partial charge on any atom is 0.256 e. The Hall–Kier alpha value is -1.65. The lowest BCUT2D eigenvalue weighted by Gasteiger charge is -2.26. The van der Waals surface area contributed by atoms with E-state index in [9.17, 15) is 9.18 Å². The van der Waals surface area contributed by atoms with Gasteiger partial charge >= 0.3 is 0 Å². The number of amides is 1. The molecule has 1 amide bonds. The van der Waals surface area contributed by atoms with E-state index in [4.69, 9.17) is 0 Å². The van der Waals surface area contributed by atoms with Gasteiger partial charge in [-0.3, -0.25) is 4.79 Å². The summed E-state index contributed by atoms with van der Waals surface area (Å²) in [6.07, 6.45) is 1.42. The van der Waals surface area contributed by atoms with Crippen LogP contribution in [0.25, 0.3) is 0 Å². The molecule has 18 heavy (non-hydrogen) atoms. The molecule has 100 valence electrons.